The summed E-state index contributed by atoms with van der Waals surface area (Å²) < 4.78 is 0. The normalized spacial score (nSPS) is 24.8. The van der Waals surface area contributed by atoms with Crippen molar-refractivity contribution in [2.24, 2.45) is 5.92 Å². The molecule has 5 heteroatoms. The molecular weight excluding hydrogens is 254 g/mol. The first-order valence-electron chi connectivity index (χ1n) is 6.96. The number of pyridine rings is 1. The maximum absolute atomic E-state index is 12.5. The largest absolute Gasteiger partial charge is 0.343 e. The summed E-state index contributed by atoms with van der Waals surface area (Å²) in [5.41, 5.74) is 0.987. The third kappa shape index (κ3) is 2.53. The lowest BCUT2D eigenvalue weighted by Crippen LogP contribution is -2.64. The van der Waals surface area contributed by atoms with Crippen molar-refractivity contribution in [3.63, 3.8) is 0 Å². The minimum absolute atomic E-state index is 0.0346. The van der Waals surface area contributed by atoms with Gasteiger partial charge in [-0.1, -0.05) is 13.8 Å². The monoisotopic (exact) mass is 275 g/mol. The molecular formula is C15H21N3O2. The topological polar surface area (TPSA) is 62.3 Å². The number of aromatic nitrogens is 1. The molecule has 0 aromatic carbocycles. The first-order valence-corrected chi connectivity index (χ1v) is 6.96. The molecule has 3 unspecified atom stereocenters. The Morgan fingerprint density at radius 2 is 1.80 bits per heavy atom. The number of nitrogens with zero attached hydrogens (tertiary/aromatic N) is 2. The minimum Gasteiger partial charge on any atom is -0.343 e. The number of amides is 2. The van der Waals surface area contributed by atoms with Gasteiger partial charge in [-0.3, -0.25) is 14.6 Å². The van der Waals surface area contributed by atoms with E-state index in [2.05, 4.69) is 10.3 Å². The van der Waals surface area contributed by atoms with E-state index in [0.29, 0.717) is 0 Å². The lowest BCUT2D eigenvalue weighted by molar-refractivity contribution is -0.153. The van der Waals surface area contributed by atoms with Gasteiger partial charge in [0, 0.05) is 12.4 Å². The quantitative estimate of drug-likeness (QED) is 0.909. The fourth-order valence-corrected chi connectivity index (χ4v) is 2.71. The predicted molar refractivity (Wildman–Crippen MR) is 75.7 cm³/mol. The van der Waals surface area contributed by atoms with Crippen LogP contribution in [-0.4, -0.2) is 33.8 Å². The third-order valence-corrected chi connectivity index (χ3v) is 3.79. The number of nitrogens with one attached hydrogen (secondary N) is 1. The number of hydrogen-bond donors (Lipinski definition) is 1. The average Bonchev–Trinajstić information content (AvgIpc) is 2.42. The van der Waals surface area contributed by atoms with E-state index < -0.39 is 12.1 Å². The van der Waals surface area contributed by atoms with Crippen molar-refractivity contribution in [1.82, 2.24) is 15.2 Å². The highest BCUT2D eigenvalue weighted by atomic mass is 16.2. The summed E-state index contributed by atoms with van der Waals surface area (Å²) >= 11 is 0. The van der Waals surface area contributed by atoms with Crippen molar-refractivity contribution in [2.75, 3.05) is 0 Å². The number of carbonyl (C=O) groups is 2. The molecule has 0 aliphatic carbocycles. The maximum atomic E-state index is 12.5. The Balaban J connectivity index is 2.37. The Bertz CT molecular complexity index is 501. The molecule has 1 aliphatic heterocycles. The van der Waals surface area contributed by atoms with Gasteiger partial charge in [-0.15, -0.1) is 0 Å². The molecule has 0 saturated carbocycles. The Kier molecular flexibility index (Phi) is 4.06. The second kappa shape index (κ2) is 5.61. The summed E-state index contributed by atoms with van der Waals surface area (Å²) in [5, 5.41) is 2.75. The summed E-state index contributed by atoms with van der Waals surface area (Å²) in [6.45, 7) is 7.59. The maximum Gasteiger partial charge on any atom is 0.246 e. The van der Waals surface area contributed by atoms with Crippen molar-refractivity contribution >= 4 is 11.8 Å². The van der Waals surface area contributed by atoms with Crippen LogP contribution in [0, 0.1) is 5.92 Å². The van der Waals surface area contributed by atoms with E-state index in [1.165, 1.54) is 0 Å². The second-order valence-electron chi connectivity index (χ2n) is 5.62. The standard InChI is InChI=1S/C15H21N3O2/c1-9(2)13-14(19)17-10(3)15(20)18(13)11(4)12-5-7-16-8-6-12/h5-11,13H,1-4H3,(H,17,19). The zero-order valence-corrected chi connectivity index (χ0v) is 12.3. The molecule has 1 aromatic heterocycles. The molecule has 1 aliphatic rings. The molecule has 0 spiro atoms. The zero-order chi connectivity index (χ0) is 14.9. The summed E-state index contributed by atoms with van der Waals surface area (Å²) in [6, 6.07) is 2.72. The first kappa shape index (κ1) is 14.5. The molecule has 3 atom stereocenters. The predicted octanol–water partition coefficient (Wildman–Crippen LogP) is 1.51. The fraction of sp³-hybridized carbons (Fsp3) is 0.533. The molecule has 2 heterocycles. The van der Waals surface area contributed by atoms with Gasteiger partial charge < -0.3 is 10.2 Å². The molecule has 20 heavy (non-hydrogen) atoms. The molecule has 0 radical (unpaired) electrons. The number of carbonyl (C=O) groups excluding carboxylic acids is 2. The Morgan fingerprint density at radius 3 is 2.35 bits per heavy atom. The van der Waals surface area contributed by atoms with Gasteiger partial charge in [0.25, 0.3) is 0 Å². The minimum atomic E-state index is -0.471. The van der Waals surface area contributed by atoms with E-state index >= 15 is 0 Å². The van der Waals surface area contributed by atoms with Crippen molar-refractivity contribution in [2.45, 2.75) is 45.8 Å². The molecule has 2 rings (SSSR count). The van der Waals surface area contributed by atoms with Gasteiger partial charge >= 0.3 is 0 Å². The van der Waals surface area contributed by atoms with Crippen LogP contribution < -0.4 is 5.32 Å². The third-order valence-electron chi connectivity index (χ3n) is 3.79. The van der Waals surface area contributed by atoms with E-state index in [9.17, 15) is 9.59 Å². The zero-order valence-electron chi connectivity index (χ0n) is 12.3. The van der Waals surface area contributed by atoms with Crippen molar-refractivity contribution in [1.29, 1.82) is 0 Å². The Hall–Kier alpha value is -1.91. The van der Waals surface area contributed by atoms with E-state index in [1.54, 1.807) is 24.2 Å². The van der Waals surface area contributed by atoms with E-state index in [4.69, 9.17) is 0 Å². The molecule has 1 fully saturated rings. The van der Waals surface area contributed by atoms with Crippen LogP contribution in [0.1, 0.15) is 39.3 Å². The van der Waals surface area contributed by atoms with Gasteiger partial charge in [0.2, 0.25) is 11.8 Å². The number of rotatable bonds is 3. The molecule has 108 valence electrons. The lowest BCUT2D eigenvalue weighted by Gasteiger charge is -2.43. The van der Waals surface area contributed by atoms with Crippen LogP contribution in [0.2, 0.25) is 0 Å². The van der Waals surface area contributed by atoms with Gasteiger partial charge in [0.1, 0.15) is 12.1 Å². The van der Waals surface area contributed by atoms with Gasteiger partial charge in [0.15, 0.2) is 0 Å². The molecule has 0 bridgehead atoms. The van der Waals surface area contributed by atoms with Crippen molar-refractivity contribution in [3.8, 4) is 0 Å². The molecule has 1 N–H and O–H groups in total. The van der Waals surface area contributed by atoms with Gasteiger partial charge in [0.05, 0.1) is 6.04 Å². The SMILES string of the molecule is CC1NC(=O)C(C(C)C)N(C(C)c2ccncc2)C1=O. The summed E-state index contributed by atoms with van der Waals surface area (Å²) in [7, 11) is 0. The highest BCUT2D eigenvalue weighted by molar-refractivity contribution is 5.97. The summed E-state index contributed by atoms with van der Waals surface area (Å²) in [4.78, 5) is 30.4. The molecule has 5 nitrogen and oxygen atoms in total. The van der Waals surface area contributed by atoms with Gasteiger partial charge in [-0.25, -0.2) is 0 Å². The van der Waals surface area contributed by atoms with Crippen LogP contribution in [0.5, 0.6) is 0 Å². The summed E-state index contributed by atoms with van der Waals surface area (Å²) in [5.74, 6) is -0.0450. The van der Waals surface area contributed by atoms with Crippen LogP contribution in [0.15, 0.2) is 24.5 Å². The molecule has 1 saturated heterocycles. The molecule has 1 aromatic rings. The Labute approximate surface area is 119 Å². The average molecular weight is 275 g/mol. The number of piperazine rings is 1. The first-order chi connectivity index (χ1) is 9.43. The fourth-order valence-electron chi connectivity index (χ4n) is 2.71. The van der Waals surface area contributed by atoms with Gasteiger partial charge in [-0.05, 0) is 37.5 Å². The Morgan fingerprint density at radius 1 is 1.20 bits per heavy atom. The summed E-state index contributed by atoms with van der Waals surface area (Å²) in [6.07, 6.45) is 3.41. The van der Waals surface area contributed by atoms with E-state index in [1.807, 2.05) is 32.9 Å². The van der Waals surface area contributed by atoms with Crippen LogP contribution in [0.25, 0.3) is 0 Å². The number of hydrogen-bond acceptors (Lipinski definition) is 3. The van der Waals surface area contributed by atoms with Crippen LogP contribution in [0.4, 0.5) is 0 Å². The highest BCUT2D eigenvalue weighted by Gasteiger charge is 2.42. The van der Waals surface area contributed by atoms with Gasteiger partial charge in [-0.2, -0.15) is 0 Å². The smallest absolute Gasteiger partial charge is 0.246 e. The second-order valence-corrected chi connectivity index (χ2v) is 5.62. The van der Waals surface area contributed by atoms with Crippen LogP contribution >= 0.6 is 0 Å². The van der Waals surface area contributed by atoms with Crippen LogP contribution in [0.3, 0.4) is 0 Å². The van der Waals surface area contributed by atoms with Crippen molar-refractivity contribution < 1.29 is 9.59 Å². The highest BCUT2D eigenvalue weighted by Crippen LogP contribution is 2.28. The van der Waals surface area contributed by atoms with Crippen molar-refractivity contribution in [3.05, 3.63) is 30.1 Å². The van der Waals surface area contributed by atoms with Crippen LogP contribution in [-0.2, 0) is 9.59 Å². The van der Waals surface area contributed by atoms with E-state index in [-0.39, 0.29) is 23.8 Å². The molecule has 2 amide bonds. The lowest BCUT2D eigenvalue weighted by atomic mass is 9.94. The van der Waals surface area contributed by atoms with E-state index in [0.717, 1.165) is 5.56 Å².